The highest BCUT2D eigenvalue weighted by Crippen LogP contribution is 2.21. The Hall–Kier alpha value is -1.50. The van der Waals surface area contributed by atoms with Gasteiger partial charge in [-0.25, -0.2) is 9.87 Å². The number of halogens is 1. The standard InChI is InChI=1S/C18H28FN3O2/c1-13-9-21(12-18(3,4)19)10-14(2)22(13)11-15-5-7-16(8-6-15)17(23)20-24/h5-8,13-14,24H,9-12H2,1-4H3,(H,20,23). The van der Waals surface area contributed by atoms with Crippen LogP contribution in [-0.2, 0) is 6.54 Å². The highest BCUT2D eigenvalue weighted by molar-refractivity contribution is 5.93. The van der Waals surface area contributed by atoms with Crippen LogP contribution in [0.3, 0.4) is 0 Å². The van der Waals surface area contributed by atoms with Crippen LogP contribution in [0.2, 0.25) is 0 Å². The fourth-order valence-electron chi connectivity index (χ4n) is 3.48. The van der Waals surface area contributed by atoms with Crippen molar-refractivity contribution in [2.45, 2.75) is 52.0 Å². The van der Waals surface area contributed by atoms with Crippen LogP contribution in [0.4, 0.5) is 4.39 Å². The van der Waals surface area contributed by atoms with Gasteiger partial charge in [-0.1, -0.05) is 12.1 Å². The van der Waals surface area contributed by atoms with Gasteiger partial charge in [-0.05, 0) is 45.4 Å². The summed E-state index contributed by atoms with van der Waals surface area (Å²) in [5.74, 6) is -0.509. The molecule has 24 heavy (non-hydrogen) atoms. The molecule has 1 fully saturated rings. The van der Waals surface area contributed by atoms with Crippen molar-refractivity contribution in [1.29, 1.82) is 0 Å². The molecule has 2 N–H and O–H groups in total. The first-order valence-corrected chi connectivity index (χ1v) is 8.40. The van der Waals surface area contributed by atoms with Crippen molar-refractivity contribution in [3.8, 4) is 0 Å². The van der Waals surface area contributed by atoms with E-state index >= 15 is 0 Å². The zero-order chi connectivity index (χ0) is 17.9. The number of carbonyl (C=O) groups is 1. The Morgan fingerprint density at radius 1 is 1.25 bits per heavy atom. The van der Waals surface area contributed by atoms with Gasteiger partial charge in [0.25, 0.3) is 5.91 Å². The van der Waals surface area contributed by atoms with Crippen LogP contribution in [0.5, 0.6) is 0 Å². The molecule has 134 valence electrons. The molecule has 6 heteroatoms. The first-order chi connectivity index (χ1) is 11.2. The van der Waals surface area contributed by atoms with Gasteiger partial charge in [-0.3, -0.25) is 19.8 Å². The number of nitrogens with zero attached hydrogens (tertiary/aromatic N) is 2. The molecule has 0 radical (unpaired) electrons. The molecule has 1 aromatic rings. The number of nitrogens with one attached hydrogen (secondary N) is 1. The van der Waals surface area contributed by atoms with Crippen molar-refractivity contribution >= 4 is 5.91 Å². The van der Waals surface area contributed by atoms with Gasteiger partial charge in [0.1, 0.15) is 5.67 Å². The second kappa shape index (κ2) is 7.59. The molecule has 1 heterocycles. The van der Waals surface area contributed by atoms with E-state index in [-0.39, 0.29) is 0 Å². The molecule has 1 aliphatic rings. The number of benzene rings is 1. The Labute approximate surface area is 143 Å². The first-order valence-electron chi connectivity index (χ1n) is 8.40. The summed E-state index contributed by atoms with van der Waals surface area (Å²) in [6.45, 7) is 10.5. The molecule has 2 unspecified atom stereocenters. The number of hydroxylamine groups is 1. The van der Waals surface area contributed by atoms with Crippen LogP contribution in [0, 0.1) is 0 Å². The predicted molar refractivity (Wildman–Crippen MR) is 91.8 cm³/mol. The zero-order valence-electron chi connectivity index (χ0n) is 14.9. The summed E-state index contributed by atoms with van der Waals surface area (Å²) < 4.78 is 13.9. The van der Waals surface area contributed by atoms with Crippen LogP contribution < -0.4 is 5.48 Å². The van der Waals surface area contributed by atoms with Gasteiger partial charge in [-0.2, -0.15) is 0 Å². The van der Waals surface area contributed by atoms with Crippen LogP contribution in [0.25, 0.3) is 0 Å². The number of carbonyl (C=O) groups excluding carboxylic acids is 1. The maximum absolute atomic E-state index is 13.9. The summed E-state index contributed by atoms with van der Waals surface area (Å²) in [5.41, 5.74) is 2.00. The highest BCUT2D eigenvalue weighted by Gasteiger charge is 2.32. The maximum atomic E-state index is 13.9. The van der Waals surface area contributed by atoms with Crippen molar-refractivity contribution in [2.24, 2.45) is 0 Å². The third kappa shape index (κ3) is 5.00. The quantitative estimate of drug-likeness (QED) is 0.640. The molecule has 0 spiro atoms. The molecule has 0 bridgehead atoms. The van der Waals surface area contributed by atoms with Crippen LogP contribution in [0.1, 0.15) is 43.6 Å². The van der Waals surface area contributed by atoms with Gasteiger partial charge in [0.05, 0.1) is 0 Å². The summed E-state index contributed by atoms with van der Waals surface area (Å²) in [6.07, 6.45) is 0. The molecule has 2 atom stereocenters. The molecule has 0 aromatic heterocycles. The van der Waals surface area contributed by atoms with Gasteiger partial charge < -0.3 is 0 Å². The zero-order valence-corrected chi connectivity index (χ0v) is 14.9. The molecular weight excluding hydrogens is 309 g/mol. The monoisotopic (exact) mass is 337 g/mol. The van der Waals surface area contributed by atoms with E-state index in [2.05, 4.69) is 23.6 Å². The summed E-state index contributed by atoms with van der Waals surface area (Å²) in [7, 11) is 0. The first kappa shape index (κ1) is 18.8. The maximum Gasteiger partial charge on any atom is 0.274 e. The summed E-state index contributed by atoms with van der Waals surface area (Å²) >= 11 is 0. The van der Waals surface area contributed by atoms with Gasteiger partial charge in [0.15, 0.2) is 0 Å². The Bertz CT molecular complexity index is 544. The van der Waals surface area contributed by atoms with Crippen molar-refractivity contribution < 1.29 is 14.4 Å². The van der Waals surface area contributed by atoms with Crippen LogP contribution in [-0.4, -0.2) is 58.3 Å². The number of piperazine rings is 1. The smallest absolute Gasteiger partial charge is 0.274 e. The van der Waals surface area contributed by atoms with E-state index in [1.54, 1.807) is 31.5 Å². The van der Waals surface area contributed by atoms with E-state index in [4.69, 9.17) is 5.21 Å². The van der Waals surface area contributed by atoms with E-state index in [1.807, 2.05) is 12.1 Å². The lowest BCUT2D eigenvalue weighted by molar-refractivity contribution is 0.00887. The van der Waals surface area contributed by atoms with Crippen LogP contribution >= 0.6 is 0 Å². The van der Waals surface area contributed by atoms with Crippen LogP contribution in [0.15, 0.2) is 24.3 Å². The number of rotatable bonds is 5. The number of alkyl halides is 1. The van der Waals surface area contributed by atoms with E-state index in [1.165, 1.54) is 0 Å². The molecule has 1 aliphatic heterocycles. The van der Waals surface area contributed by atoms with Gasteiger partial charge in [-0.15, -0.1) is 0 Å². The van der Waals surface area contributed by atoms with Crippen molar-refractivity contribution in [3.05, 3.63) is 35.4 Å². The van der Waals surface area contributed by atoms with E-state index in [0.717, 1.165) is 25.2 Å². The summed E-state index contributed by atoms with van der Waals surface area (Å²) in [6, 6.07) is 7.88. The molecule has 1 saturated heterocycles. The second-order valence-electron chi connectivity index (χ2n) is 7.42. The van der Waals surface area contributed by atoms with Crippen molar-refractivity contribution in [1.82, 2.24) is 15.3 Å². The summed E-state index contributed by atoms with van der Waals surface area (Å²) in [5, 5.41) is 8.65. The van der Waals surface area contributed by atoms with Gasteiger partial charge >= 0.3 is 0 Å². The molecule has 0 saturated carbocycles. The molecular formula is C18H28FN3O2. The third-order valence-corrected chi connectivity index (χ3v) is 4.46. The SMILES string of the molecule is CC1CN(CC(C)(C)F)CC(C)N1Cc1ccc(C(=O)NO)cc1. The summed E-state index contributed by atoms with van der Waals surface area (Å²) in [4.78, 5) is 16.0. The average Bonchev–Trinajstić information content (AvgIpc) is 2.49. The molecule has 0 aliphatic carbocycles. The van der Waals surface area contributed by atoms with E-state index in [0.29, 0.717) is 24.2 Å². The Kier molecular flexibility index (Phi) is 5.96. The minimum Gasteiger partial charge on any atom is -0.297 e. The molecule has 2 rings (SSSR count). The lowest BCUT2D eigenvalue weighted by atomic mass is 10.0. The third-order valence-electron chi connectivity index (χ3n) is 4.46. The second-order valence-corrected chi connectivity index (χ2v) is 7.42. The minimum absolute atomic E-state index is 0.330. The number of amides is 1. The lowest BCUT2D eigenvalue weighted by Crippen LogP contribution is -2.57. The predicted octanol–water partition coefficient (Wildman–Crippen LogP) is 2.45. The molecule has 1 amide bonds. The normalized spacial score (nSPS) is 23.2. The van der Waals surface area contributed by atoms with E-state index in [9.17, 15) is 9.18 Å². The topological polar surface area (TPSA) is 55.8 Å². The largest absolute Gasteiger partial charge is 0.297 e. The molecule has 5 nitrogen and oxygen atoms in total. The molecule has 1 aromatic carbocycles. The van der Waals surface area contributed by atoms with Crippen molar-refractivity contribution in [2.75, 3.05) is 19.6 Å². The van der Waals surface area contributed by atoms with Crippen molar-refractivity contribution in [3.63, 3.8) is 0 Å². The lowest BCUT2D eigenvalue weighted by Gasteiger charge is -2.45. The van der Waals surface area contributed by atoms with Gasteiger partial charge in [0, 0.05) is 43.8 Å². The Morgan fingerprint density at radius 3 is 2.25 bits per heavy atom. The Morgan fingerprint density at radius 2 is 1.79 bits per heavy atom. The minimum atomic E-state index is -1.18. The highest BCUT2D eigenvalue weighted by atomic mass is 19.1. The number of hydrogen-bond acceptors (Lipinski definition) is 4. The number of hydrogen-bond donors (Lipinski definition) is 2. The average molecular weight is 337 g/mol. The fraction of sp³-hybridized carbons (Fsp3) is 0.611. The Balaban J connectivity index is 1.99. The van der Waals surface area contributed by atoms with Gasteiger partial charge in [0.2, 0.25) is 0 Å². The van der Waals surface area contributed by atoms with E-state index < -0.39 is 11.6 Å². The fourth-order valence-corrected chi connectivity index (χ4v) is 3.48.